The van der Waals surface area contributed by atoms with Crippen LogP contribution in [0.1, 0.15) is 16.9 Å². The summed E-state index contributed by atoms with van der Waals surface area (Å²) in [5.41, 5.74) is 9.47. The Morgan fingerprint density at radius 3 is 2.76 bits per heavy atom. The topological polar surface area (TPSA) is 119 Å². The zero-order valence-electron chi connectivity index (χ0n) is 18.3. The van der Waals surface area contributed by atoms with Crippen molar-refractivity contribution in [1.29, 1.82) is 0 Å². The first-order valence-electron chi connectivity index (χ1n) is 10.5. The van der Waals surface area contributed by atoms with Crippen molar-refractivity contribution in [2.75, 3.05) is 25.7 Å². The number of methoxy groups -OCH3 is 2. The molecule has 168 valence electrons. The van der Waals surface area contributed by atoms with E-state index in [1.807, 2.05) is 17.0 Å². The van der Waals surface area contributed by atoms with Crippen molar-refractivity contribution in [3.05, 3.63) is 76.0 Å². The number of aromatic nitrogens is 2. The van der Waals surface area contributed by atoms with Crippen molar-refractivity contribution in [3.8, 4) is 11.5 Å². The highest BCUT2D eigenvalue weighted by molar-refractivity contribution is 5.96. The Labute approximate surface area is 189 Å². The van der Waals surface area contributed by atoms with Crippen LogP contribution in [0.5, 0.6) is 11.5 Å². The number of nitrogens with zero attached hydrogens (tertiary/aromatic N) is 3. The van der Waals surface area contributed by atoms with Gasteiger partial charge in [0.15, 0.2) is 23.1 Å². The Morgan fingerprint density at radius 2 is 2.00 bits per heavy atom. The molecule has 0 amide bonds. The highest BCUT2D eigenvalue weighted by Crippen LogP contribution is 2.32. The number of hydrogen-bond donors (Lipinski definition) is 2. The third-order valence-electron chi connectivity index (χ3n) is 5.75. The van der Waals surface area contributed by atoms with E-state index in [9.17, 15) is 4.79 Å². The molecule has 4 aromatic rings. The van der Waals surface area contributed by atoms with Crippen LogP contribution in [0.4, 0.5) is 11.6 Å². The van der Waals surface area contributed by atoms with E-state index in [4.69, 9.17) is 24.6 Å². The minimum absolute atomic E-state index is 0.230. The van der Waals surface area contributed by atoms with E-state index in [0.717, 1.165) is 23.2 Å². The number of H-pyrrole nitrogens is 1. The molecule has 0 bridgehead atoms. The Balaban J connectivity index is 1.48. The van der Waals surface area contributed by atoms with Gasteiger partial charge in [-0.3, -0.25) is 9.78 Å². The molecule has 2 aromatic carbocycles. The van der Waals surface area contributed by atoms with Crippen LogP contribution in [0.3, 0.4) is 0 Å². The van der Waals surface area contributed by atoms with Gasteiger partial charge < -0.3 is 24.5 Å². The predicted octanol–water partition coefficient (Wildman–Crippen LogP) is 3.13. The largest absolute Gasteiger partial charge is 0.493 e. The van der Waals surface area contributed by atoms with Gasteiger partial charge in [0.05, 0.1) is 37.1 Å². The van der Waals surface area contributed by atoms with Gasteiger partial charge in [0.2, 0.25) is 5.95 Å². The molecule has 9 nitrogen and oxygen atoms in total. The molecule has 0 radical (unpaired) electrons. The highest BCUT2D eigenvalue weighted by Gasteiger charge is 2.22. The molecule has 3 heterocycles. The average molecular weight is 445 g/mol. The summed E-state index contributed by atoms with van der Waals surface area (Å²) in [6.07, 6.45) is 2.30. The second-order valence-corrected chi connectivity index (χ2v) is 7.67. The van der Waals surface area contributed by atoms with Crippen molar-refractivity contribution in [3.63, 3.8) is 0 Å². The van der Waals surface area contributed by atoms with Crippen molar-refractivity contribution < 1.29 is 13.9 Å². The number of amidine groups is 1. The Hall–Kier alpha value is -4.27. The molecule has 0 aliphatic carbocycles. The van der Waals surface area contributed by atoms with Crippen LogP contribution < -0.4 is 25.7 Å². The van der Waals surface area contributed by atoms with Crippen LogP contribution in [0.2, 0.25) is 0 Å². The van der Waals surface area contributed by atoms with Gasteiger partial charge in [0.1, 0.15) is 0 Å². The number of nitrogens with one attached hydrogen (secondary N) is 1. The van der Waals surface area contributed by atoms with E-state index in [1.165, 1.54) is 7.11 Å². The van der Waals surface area contributed by atoms with E-state index >= 15 is 0 Å². The quantitative estimate of drug-likeness (QED) is 0.358. The summed E-state index contributed by atoms with van der Waals surface area (Å²) < 4.78 is 16.0. The first-order chi connectivity index (χ1) is 16.1. The van der Waals surface area contributed by atoms with Crippen molar-refractivity contribution in [2.24, 2.45) is 10.7 Å². The second-order valence-electron chi connectivity index (χ2n) is 7.67. The molecule has 0 saturated heterocycles. The zero-order chi connectivity index (χ0) is 22.9. The highest BCUT2D eigenvalue weighted by atomic mass is 16.5. The van der Waals surface area contributed by atoms with Crippen molar-refractivity contribution in [1.82, 2.24) is 9.97 Å². The summed E-state index contributed by atoms with van der Waals surface area (Å²) >= 11 is 0. The number of furan rings is 1. The summed E-state index contributed by atoms with van der Waals surface area (Å²) in [7, 11) is 3.09. The van der Waals surface area contributed by atoms with E-state index in [1.54, 1.807) is 37.6 Å². The summed E-state index contributed by atoms with van der Waals surface area (Å²) in [6.45, 7) is 1.25. The molecule has 1 aliphatic rings. The minimum atomic E-state index is -0.230. The SMILES string of the molecule is COc1cc2nc(N3CCc4c(cccc4N=C(N)c4ccco4)C3)[nH]c(=O)c2cc1OC. The lowest BCUT2D eigenvalue weighted by Gasteiger charge is -2.30. The van der Waals surface area contributed by atoms with Gasteiger partial charge >= 0.3 is 0 Å². The number of ether oxygens (including phenoxy) is 2. The number of aromatic amines is 1. The summed E-state index contributed by atoms with van der Waals surface area (Å²) in [4.78, 5) is 27.0. The smallest absolute Gasteiger partial charge is 0.260 e. The third kappa shape index (κ3) is 3.78. The van der Waals surface area contributed by atoms with Gasteiger partial charge in [0.25, 0.3) is 5.56 Å². The van der Waals surface area contributed by atoms with Crippen molar-refractivity contribution in [2.45, 2.75) is 13.0 Å². The molecule has 3 N–H and O–H groups in total. The number of rotatable bonds is 5. The number of anilines is 1. The Morgan fingerprint density at radius 1 is 1.18 bits per heavy atom. The molecule has 0 unspecified atom stereocenters. The van der Waals surface area contributed by atoms with Crippen LogP contribution in [-0.2, 0) is 13.0 Å². The first-order valence-corrected chi connectivity index (χ1v) is 10.5. The normalized spacial score (nSPS) is 13.8. The summed E-state index contributed by atoms with van der Waals surface area (Å²) in [5.74, 6) is 2.39. The number of nitrogens with two attached hydrogens (primary N) is 1. The van der Waals surface area contributed by atoms with Crippen molar-refractivity contribution >= 4 is 28.4 Å². The van der Waals surface area contributed by atoms with Gasteiger partial charge in [-0.1, -0.05) is 12.1 Å². The van der Waals surface area contributed by atoms with Gasteiger partial charge in [-0.25, -0.2) is 9.98 Å². The first kappa shape index (κ1) is 20.6. The number of aliphatic imine (C=N–C) groups is 1. The van der Waals surface area contributed by atoms with Gasteiger partial charge in [0, 0.05) is 19.2 Å². The molecule has 5 rings (SSSR count). The van der Waals surface area contributed by atoms with Gasteiger partial charge in [-0.2, -0.15) is 0 Å². The molecule has 0 saturated carbocycles. The molecular weight excluding hydrogens is 422 g/mol. The molecule has 0 fully saturated rings. The minimum Gasteiger partial charge on any atom is -0.493 e. The Kier molecular flexibility index (Phi) is 5.21. The van der Waals surface area contributed by atoms with Gasteiger partial charge in [-0.15, -0.1) is 0 Å². The molecule has 2 aromatic heterocycles. The van der Waals surface area contributed by atoms with Crippen LogP contribution in [0.15, 0.2) is 62.9 Å². The monoisotopic (exact) mass is 445 g/mol. The van der Waals surface area contributed by atoms with Crippen LogP contribution in [0.25, 0.3) is 10.9 Å². The number of benzene rings is 2. The second kappa shape index (κ2) is 8.34. The van der Waals surface area contributed by atoms with Crippen LogP contribution in [0, 0.1) is 0 Å². The molecule has 0 spiro atoms. The maximum Gasteiger partial charge on any atom is 0.260 e. The molecule has 0 atom stereocenters. The lowest BCUT2D eigenvalue weighted by molar-refractivity contribution is 0.355. The maximum atomic E-state index is 12.8. The fourth-order valence-electron chi connectivity index (χ4n) is 4.09. The zero-order valence-corrected chi connectivity index (χ0v) is 18.3. The fourth-order valence-corrected chi connectivity index (χ4v) is 4.09. The third-order valence-corrected chi connectivity index (χ3v) is 5.75. The van der Waals surface area contributed by atoms with E-state index in [-0.39, 0.29) is 5.56 Å². The lowest BCUT2D eigenvalue weighted by Crippen LogP contribution is -2.33. The van der Waals surface area contributed by atoms with E-state index in [0.29, 0.717) is 53.0 Å². The van der Waals surface area contributed by atoms with E-state index < -0.39 is 0 Å². The molecule has 9 heteroatoms. The molecule has 33 heavy (non-hydrogen) atoms. The molecule has 1 aliphatic heterocycles. The number of hydrogen-bond acceptors (Lipinski definition) is 7. The summed E-state index contributed by atoms with van der Waals surface area (Å²) in [5, 5.41) is 0.443. The maximum absolute atomic E-state index is 12.8. The standard InChI is InChI=1S/C24H23N5O4/c1-31-20-11-16-18(12-21(20)32-2)27-24(28-23(16)30)29-9-8-15-14(13-29)5-3-6-17(15)26-22(25)19-7-4-10-33-19/h3-7,10-12H,8-9,13H2,1-2H3,(H2,25,26)(H,27,28,30). The summed E-state index contributed by atoms with van der Waals surface area (Å²) in [6, 6.07) is 12.9. The van der Waals surface area contributed by atoms with Crippen LogP contribution in [-0.4, -0.2) is 36.6 Å². The van der Waals surface area contributed by atoms with Crippen LogP contribution >= 0.6 is 0 Å². The predicted molar refractivity (Wildman–Crippen MR) is 126 cm³/mol. The fraction of sp³-hybridized carbons (Fsp3) is 0.208. The Bertz CT molecular complexity index is 1410. The lowest BCUT2D eigenvalue weighted by atomic mass is 9.98. The van der Waals surface area contributed by atoms with E-state index in [2.05, 4.69) is 16.0 Å². The van der Waals surface area contributed by atoms with Gasteiger partial charge in [-0.05, 0) is 41.8 Å². The average Bonchev–Trinajstić information content (AvgIpc) is 3.38. The number of fused-ring (bicyclic) bond motifs is 2. The molecular formula is C24H23N5O4.